The van der Waals surface area contributed by atoms with Gasteiger partial charge in [-0.15, -0.1) is 0 Å². The molecular formula is C13H10Cl4N2. The monoisotopic (exact) mass is 334 g/mol. The van der Waals surface area contributed by atoms with Crippen LogP contribution in [0, 0.1) is 6.92 Å². The van der Waals surface area contributed by atoms with E-state index in [2.05, 4.69) is 10.3 Å². The Bertz CT molecular complexity index is 614. The molecule has 0 aliphatic rings. The molecule has 0 amide bonds. The average Bonchev–Trinajstić information content (AvgIpc) is 2.36. The summed E-state index contributed by atoms with van der Waals surface area (Å²) in [4.78, 5) is 4.16. The van der Waals surface area contributed by atoms with Crippen LogP contribution in [0.1, 0.15) is 11.3 Å². The van der Waals surface area contributed by atoms with Crippen LogP contribution in [0.5, 0.6) is 0 Å². The number of hydrogen-bond donors (Lipinski definition) is 1. The number of rotatable bonds is 3. The lowest BCUT2D eigenvalue weighted by Crippen LogP contribution is -2.03. The highest BCUT2D eigenvalue weighted by atomic mass is 35.5. The molecule has 1 aromatic heterocycles. The summed E-state index contributed by atoms with van der Waals surface area (Å²) < 4.78 is 0. The van der Waals surface area contributed by atoms with Gasteiger partial charge < -0.3 is 5.32 Å². The van der Waals surface area contributed by atoms with Crippen molar-refractivity contribution in [2.75, 3.05) is 5.32 Å². The van der Waals surface area contributed by atoms with Gasteiger partial charge >= 0.3 is 0 Å². The molecule has 0 fully saturated rings. The van der Waals surface area contributed by atoms with Crippen LogP contribution in [0.4, 0.5) is 5.69 Å². The van der Waals surface area contributed by atoms with Gasteiger partial charge in [-0.3, -0.25) is 0 Å². The summed E-state index contributed by atoms with van der Waals surface area (Å²) in [6.45, 7) is 2.33. The van der Waals surface area contributed by atoms with E-state index in [1.165, 1.54) is 0 Å². The molecule has 1 heterocycles. The number of pyridine rings is 1. The Labute approximate surface area is 131 Å². The third-order valence-electron chi connectivity index (χ3n) is 2.65. The molecule has 1 aromatic carbocycles. The summed E-state index contributed by atoms with van der Waals surface area (Å²) >= 11 is 24.0. The molecule has 0 radical (unpaired) electrons. The van der Waals surface area contributed by atoms with Gasteiger partial charge in [-0.2, -0.15) is 0 Å². The minimum absolute atomic E-state index is 0.459. The van der Waals surface area contributed by atoms with Crippen molar-refractivity contribution in [2.45, 2.75) is 13.5 Å². The molecule has 2 nitrogen and oxygen atoms in total. The van der Waals surface area contributed by atoms with E-state index in [-0.39, 0.29) is 0 Å². The smallest absolute Gasteiger partial charge is 0.129 e. The second-order valence-electron chi connectivity index (χ2n) is 3.94. The molecule has 2 aromatic rings. The van der Waals surface area contributed by atoms with E-state index >= 15 is 0 Å². The Balaban J connectivity index is 2.21. The third kappa shape index (κ3) is 3.46. The average molecular weight is 336 g/mol. The Morgan fingerprint density at radius 3 is 2.37 bits per heavy atom. The summed E-state index contributed by atoms with van der Waals surface area (Å²) in [5.74, 6) is 0. The van der Waals surface area contributed by atoms with Crippen LogP contribution >= 0.6 is 46.4 Å². The second kappa shape index (κ2) is 6.19. The molecular weight excluding hydrogens is 326 g/mol. The highest BCUT2D eigenvalue weighted by molar-refractivity contribution is 6.44. The van der Waals surface area contributed by atoms with Crippen molar-refractivity contribution in [1.29, 1.82) is 0 Å². The Morgan fingerprint density at radius 2 is 1.68 bits per heavy atom. The van der Waals surface area contributed by atoms with Gasteiger partial charge in [0.2, 0.25) is 0 Å². The van der Waals surface area contributed by atoms with E-state index in [4.69, 9.17) is 46.4 Å². The molecule has 0 spiro atoms. The molecule has 19 heavy (non-hydrogen) atoms. The molecule has 0 aliphatic heterocycles. The van der Waals surface area contributed by atoms with E-state index in [1.807, 2.05) is 13.0 Å². The highest BCUT2D eigenvalue weighted by Crippen LogP contribution is 2.32. The van der Waals surface area contributed by atoms with Crippen LogP contribution in [0.2, 0.25) is 20.2 Å². The number of anilines is 1. The van der Waals surface area contributed by atoms with Gasteiger partial charge in [0.1, 0.15) is 5.15 Å². The van der Waals surface area contributed by atoms with E-state index in [0.717, 1.165) is 16.9 Å². The summed E-state index contributed by atoms with van der Waals surface area (Å²) in [5, 5.41) is 5.19. The van der Waals surface area contributed by atoms with Gasteiger partial charge in [0, 0.05) is 17.1 Å². The number of halogens is 4. The zero-order chi connectivity index (χ0) is 14.0. The topological polar surface area (TPSA) is 24.9 Å². The van der Waals surface area contributed by atoms with Crippen LogP contribution in [0.25, 0.3) is 0 Å². The maximum absolute atomic E-state index is 6.14. The van der Waals surface area contributed by atoms with Gasteiger partial charge in [0.15, 0.2) is 0 Å². The summed E-state index contributed by atoms with van der Waals surface area (Å²) in [6, 6.07) is 6.97. The predicted molar refractivity (Wildman–Crippen MR) is 82.8 cm³/mol. The Kier molecular flexibility index (Phi) is 4.80. The summed E-state index contributed by atoms with van der Waals surface area (Å²) in [6.07, 6.45) is 0. The number of nitrogens with zero attached hydrogens (tertiary/aromatic N) is 1. The number of nitrogens with one attached hydrogen (secondary N) is 1. The molecule has 2 rings (SSSR count). The van der Waals surface area contributed by atoms with Crippen LogP contribution < -0.4 is 5.32 Å². The first kappa shape index (κ1) is 14.7. The fourth-order valence-corrected chi connectivity index (χ4v) is 2.50. The minimum Gasteiger partial charge on any atom is -0.379 e. The molecule has 0 aliphatic carbocycles. The fraction of sp³-hybridized carbons (Fsp3) is 0.154. The van der Waals surface area contributed by atoms with Crippen LogP contribution in [-0.4, -0.2) is 4.98 Å². The summed E-state index contributed by atoms with van der Waals surface area (Å²) in [7, 11) is 0. The van der Waals surface area contributed by atoms with E-state index in [9.17, 15) is 0 Å². The van der Waals surface area contributed by atoms with Crippen LogP contribution in [-0.2, 0) is 6.54 Å². The van der Waals surface area contributed by atoms with Crippen molar-refractivity contribution in [2.24, 2.45) is 0 Å². The molecule has 0 atom stereocenters. The Hall–Kier alpha value is -0.670. The highest BCUT2D eigenvalue weighted by Gasteiger charge is 2.10. The predicted octanol–water partition coefficient (Wildman–Crippen LogP) is 5.62. The number of hydrogen-bond acceptors (Lipinski definition) is 2. The normalized spacial score (nSPS) is 10.6. The lowest BCUT2D eigenvalue weighted by Gasteiger charge is -2.12. The van der Waals surface area contributed by atoms with Crippen LogP contribution in [0.3, 0.4) is 0 Å². The van der Waals surface area contributed by atoms with Crippen LogP contribution in [0.15, 0.2) is 24.3 Å². The van der Waals surface area contributed by atoms with E-state index in [0.29, 0.717) is 26.8 Å². The van der Waals surface area contributed by atoms with Crippen molar-refractivity contribution in [3.05, 3.63) is 55.7 Å². The maximum atomic E-state index is 6.14. The van der Waals surface area contributed by atoms with Crippen molar-refractivity contribution in [1.82, 2.24) is 4.98 Å². The lowest BCUT2D eigenvalue weighted by molar-refractivity contribution is 1.11. The maximum Gasteiger partial charge on any atom is 0.129 e. The van der Waals surface area contributed by atoms with Gasteiger partial charge in [-0.25, -0.2) is 4.98 Å². The first-order chi connectivity index (χ1) is 8.99. The SMILES string of the molecule is Cc1nc(Cl)ccc1NCc1c(Cl)ccc(Cl)c1Cl. The largest absolute Gasteiger partial charge is 0.379 e. The van der Waals surface area contributed by atoms with Gasteiger partial charge in [0.05, 0.1) is 21.4 Å². The quantitative estimate of drug-likeness (QED) is 0.582. The fourth-order valence-electron chi connectivity index (χ4n) is 1.63. The minimum atomic E-state index is 0.459. The van der Waals surface area contributed by atoms with Gasteiger partial charge in [-0.05, 0) is 31.2 Å². The standard InChI is InChI=1S/C13H10Cl4N2/c1-7-11(4-5-12(16)19-7)18-6-8-9(14)2-3-10(15)13(8)17/h2-5,18H,6H2,1H3. The molecule has 100 valence electrons. The second-order valence-corrected chi connectivity index (χ2v) is 5.52. The lowest BCUT2D eigenvalue weighted by atomic mass is 10.2. The third-order valence-corrected chi connectivity index (χ3v) is 4.05. The molecule has 6 heteroatoms. The molecule has 0 bridgehead atoms. The first-order valence-electron chi connectivity index (χ1n) is 5.48. The zero-order valence-electron chi connectivity index (χ0n) is 9.98. The first-order valence-corrected chi connectivity index (χ1v) is 6.99. The van der Waals surface area contributed by atoms with Crippen molar-refractivity contribution >= 4 is 52.1 Å². The zero-order valence-corrected chi connectivity index (χ0v) is 13.0. The molecule has 1 N–H and O–H groups in total. The van der Waals surface area contributed by atoms with Gasteiger partial charge in [-0.1, -0.05) is 46.4 Å². The summed E-state index contributed by atoms with van der Waals surface area (Å²) in [5.41, 5.74) is 2.43. The van der Waals surface area contributed by atoms with E-state index < -0.39 is 0 Å². The van der Waals surface area contributed by atoms with Crippen molar-refractivity contribution in [3.8, 4) is 0 Å². The number of aryl methyl sites for hydroxylation is 1. The van der Waals surface area contributed by atoms with Gasteiger partial charge in [0.25, 0.3) is 0 Å². The molecule has 0 saturated carbocycles. The molecule has 0 saturated heterocycles. The van der Waals surface area contributed by atoms with Crippen molar-refractivity contribution < 1.29 is 0 Å². The van der Waals surface area contributed by atoms with E-state index in [1.54, 1.807) is 18.2 Å². The molecule has 0 unspecified atom stereocenters. The number of aromatic nitrogens is 1. The number of benzene rings is 1. The Morgan fingerprint density at radius 1 is 1.00 bits per heavy atom. The van der Waals surface area contributed by atoms with Crippen molar-refractivity contribution in [3.63, 3.8) is 0 Å².